The van der Waals surface area contributed by atoms with Crippen molar-refractivity contribution in [2.45, 2.75) is 12.5 Å². The quantitative estimate of drug-likeness (QED) is 0.825. The van der Waals surface area contributed by atoms with Crippen molar-refractivity contribution < 1.29 is 19.7 Å². The molecular weight excluding hydrogens is 264 g/mol. The Morgan fingerprint density at radius 1 is 1.60 bits per heavy atom. The van der Waals surface area contributed by atoms with Crippen LogP contribution < -0.4 is 0 Å². The number of aliphatic hydroxyl groups is 1. The fourth-order valence-corrected chi connectivity index (χ4v) is 1.52. The fourth-order valence-electron chi connectivity index (χ4n) is 1.14. The smallest absolute Gasteiger partial charge is 0.308 e. The molecule has 0 aliphatic heterocycles. The van der Waals surface area contributed by atoms with Gasteiger partial charge in [0, 0.05) is 10.0 Å². The van der Waals surface area contributed by atoms with Crippen LogP contribution in [0.4, 0.5) is 0 Å². The summed E-state index contributed by atoms with van der Waals surface area (Å²) in [7, 11) is 1.25. The Morgan fingerprint density at radius 3 is 2.87 bits per heavy atom. The Balaban J connectivity index is 2.85. The maximum absolute atomic E-state index is 10.9. The lowest BCUT2D eigenvalue weighted by Crippen LogP contribution is -2.08. The number of halogens is 1. The van der Waals surface area contributed by atoms with E-state index in [-0.39, 0.29) is 12.2 Å². The lowest BCUT2D eigenvalue weighted by Gasteiger charge is -2.11. The van der Waals surface area contributed by atoms with E-state index in [0.29, 0.717) is 5.56 Å². The van der Waals surface area contributed by atoms with Crippen LogP contribution in [0.1, 0.15) is 18.1 Å². The number of hydrogen-bond acceptors (Lipinski definition) is 4. The summed E-state index contributed by atoms with van der Waals surface area (Å²) in [6, 6.07) is 4.65. The lowest BCUT2D eigenvalue weighted by atomic mass is 10.1. The molecule has 0 radical (unpaired) electrons. The molecule has 0 amide bonds. The monoisotopic (exact) mass is 274 g/mol. The molecule has 0 spiro atoms. The fraction of sp³-hybridized carbons (Fsp3) is 0.300. The van der Waals surface area contributed by atoms with E-state index in [4.69, 9.17) is 0 Å². The van der Waals surface area contributed by atoms with Gasteiger partial charge >= 0.3 is 5.97 Å². The van der Waals surface area contributed by atoms with Crippen molar-refractivity contribution in [3.8, 4) is 5.75 Å². The second-order valence-electron chi connectivity index (χ2n) is 3.00. The van der Waals surface area contributed by atoms with Crippen LogP contribution in [0.2, 0.25) is 0 Å². The molecule has 0 aliphatic carbocycles. The van der Waals surface area contributed by atoms with Crippen molar-refractivity contribution in [2.24, 2.45) is 0 Å². The van der Waals surface area contributed by atoms with Crippen LogP contribution >= 0.6 is 15.9 Å². The van der Waals surface area contributed by atoms with Gasteiger partial charge in [0.05, 0.1) is 19.6 Å². The molecule has 5 heteroatoms. The third-order valence-corrected chi connectivity index (χ3v) is 2.43. The molecule has 1 unspecified atom stereocenters. The largest absolute Gasteiger partial charge is 0.508 e. The first-order valence-corrected chi connectivity index (χ1v) is 5.07. The average Bonchev–Trinajstić information content (AvgIpc) is 2.21. The number of esters is 1. The first-order chi connectivity index (χ1) is 7.04. The van der Waals surface area contributed by atoms with Gasteiger partial charge in [0.25, 0.3) is 0 Å². The van der Waals surface area contributed by atoms with Gasteiger partial charge in [-0.2, -0.15) is 0 Å². The number of benzene rings is 1. The number of carbonyl (C=O) groups excluding carboxylic acids is 1. The van der Waals surface area contributed by atoms with E-state index in [2.05, 4.69) is 20.7 Å². The predicted octanol–water partition coefficient (Wildman–Crippen LogP) is 1.75. The number of phenols is 1. The highest BCUT2D eigenvalue weighted by atomic mass is 79.9. The van der Waals surface area contributed by atoms with E-state index in [1.807, 2.05) is 0 Å². The number of carbonyl (C=O) groups is 1. The number of aliphatic hydroxyl groups excluding tert-OH is 1. The topological polar surface area (TPSA) is 66.8 Å². The van der Waals surface area contributed by atoms with E-state index in [1.165, 1.54) is 13.2 Å². The molecule has 0 heterocycles. The van der Waals surface area contributed by atoms with Gasteiger partial charge < -0.3 is 14.9 Å². The molecule has 0 saturated carbocycles. The van der Waals surface area contributed by atoms with Gasteiger partial charge in [-0.3, -0.25) is 4.79 Å². The standard InChI is InChI=1S/C10H11BrO4/c1-15-10(14)5-9(13)7-4-6(11)2-3-8(7)12/h2-4,9,12-13H,5H2,1H3. The van der Waals surface area contributed by atoms with E-state index in [1.54, 1.807) is 12.1 Å². The zero-order valence-corrected chi connectivity index (χ0v) is 9.69. The van der Waals surface area contributed by atoms with Crippen LogP contribution in [0.3, 0.4) is 0 Å². The number of methoxy groups -OCH3 is 1. The second-order valence-corrected chi connectivity index (χ2v) is 3.91. The van der Waals surface area contributed by atoms with Gasteiger partial charge in [-0.1, -0.05) is 15.9 Å². The van der Waals surface area contributed by atoms with Gasteiger partial charge in [0.15, 0.2) is 0 Å². The van der Waals surface area contributed by atoms with Crippen molar-refractivity contribution in [1.82, 2.24) is 0 Å². The molecule has 0 aromatic heterocycles. The Morgan fingerprint density at radius 2 is 2.27 bits per heavy atom. The molecular formula is C10H11BrO4. The van der Waals surface area contributed by atoms with Crippen molar-refractivity contribution in [2.75, 3.05) is 7.11 Å². The van der Waals surface area contributed by atoms with Crippen molar-refractivity contribution in [3.63, 3.8) is 0 Å². The molecule has 0 aliphatic rings. The Kier molecular flexibility index (Phi) is 4.11. The van der Waals surface area contributed by atoms with Gasteiger partial charge in [-0.15, -0.1) is 0 Å². The van der Waals surface area contributed by atoms with Crippen molar-refractivity contribution in [1.29, 1.82) is 0 Å². The number of rotatable bonds is 3. The van der Waals surface area contributed by atoms with E-state index in [9.17, 15) is 15.0 Å². The SMILES string of the molecule is COC(=O)CC(O)c1cc(Br)ccc1O. The summed E-state index contributed by atoms with van der Waals surface area (Å²) in [5.41, 5.74) is 0.301. The minimum atomic E-state index is -1.06. The molecule has 0 fully saturated rings. The molecule has 15 heavy (non-hydrogen) atoms. The first-order valence-electron chi connectivity index (χ1n) is 4.28. The lowest BCUT2D eigenvalue weighted by molar-refractivity contribution is -0.142. The third-order valence-electron chi connectivity index (χ3n) is 1.94. The van der Waals surface area contributed by atoms with Gasteiger partial charge in [0.2, 0.25) is 0 Å². The molecule has 0 saturated heterocycles. The molecule has 1 atom stereocenters. The second kappa shape index (κ2) is 5.14. The number of ether oxygens (including phenoxy) is 1. The van der Waals surface area contributed by atoms with E-state index < -0.39 is 12.1 Å². The molecule has 2 N–H and O–H groups in total. The highest BCUT2D eigenvalue weighted by molar-refractivity contribution is 9.10. The van der Waals surface area contributed by atoms with Crippen LogP contribution in [-0.4, -0.2) is 23.3 Å². The molecule has 82 valence electrons. The normalized spacial score (nSPS) is 12.2. The Hall–Kier alpha value is -1.07. The summed E-state index contributed by atoms with van der Waals surface area (Å²) in [5.74, 6) is -0.573. The van der Waals surface area contributed by atoms with Crippen LogP contribution in [0.25, 0.3) is 0 Å². The predicted molar refractivity (Wildman–Crippen MR) is 57.4 cm³/mol. The third kappa shape index (κ3) is 3.21. The maximum atomic E-state index is 10.9. The average molecular weight is 275 g/mol. The van der Waals surface area contributed by atoms with Gasteiger partial charge in [0.1, 0.15) is 5.75 Å². The van der Waals surface area contributed by atoms with Gasteiger partial charge in [-0.05, 0) is 18.2 Å². The van der Waals surface area contributed by atoms with Gasteiger partial charge in [-0.25, -0.2) is 0 Å². The zero-order chi connectivity index (χ0) is 11.4. The minimum Gasteiger partial charge on any atom is -0.508 e. The van der Waals surface area contributed by atoms with Crippen molar-refractivity contribution in [3.05, 3.63) is 28.2 Å². The van der Waals surface area contributed by atoms with Crippen LogP contribution in [-0.2, 0) is 9.53 Å². The maximum Gasteiger partial charge on any atom is 0.308 e. The number of phenolic OH excluding ortho intramolecular Hbond substituents is 1. The number of hydrogen-bond donors (Lipinski definition) is 2. The molecule has 4 nitrogen and oxygen atoms in total. The highest BCUT2D eigenvalue weighted by Crippen LogP contribution is 2.29. The highest BCUT2D eigenvalue weighted by Gasteiger charge is 2.16. The van der Waals surface area contributed by atoms with E-state index in [0.717, 1.165) is 4.47 Å². The molecule has 0 bridgehead atoms. The summed E-state index contributed by atoms with van der Waals surface area (Å²) < 4.78 is 5.14. The zero-order valence-electron chi connectivity index (χ0n) is 8.11. The molecule has 1 aromatic rings. The Labute approximate surface area is 95.6 Å². The Bertz CT molecular complexity index is 364. The molecule has 1 rings (SSSR count). The minimum absolute atomic E-state index is 0.0467. The van der Waals surface area contributed by atoms with Crippen LogP contribution in [0, 0.1) is 0 Å². The summed E-state index contributed by atoms with van der Waals surface area (Å²) in [6.45, 7) is 0. The number of aromatic hydroxyl groups is 1. The van der Waals surface area contributed by atoms with Crippen LogP contribution in [0.5, 0.6) is 5.75 Å². The van der Waals surface area contributed by atoms with E-state index >= 15 is 0 Å². The summed E-state index contributed by atoms with van der Waals surface area (Å²) >= 11 is 3.21. The van der Waals surface area contributed by atoms with Crippen molar-refractivity contribution >= 4 is 21.9 Å². The summed E-state index contributed by atoms with van der Waals surface area (Å²) in [6.07, 6.45) is -1.24. The first kappa shape index (κ1) is 12.0. The van der Waals surface area contributed by atoms with Crippen LogP contribution in [0.15, 0.2) is 22.7 Å². The summed E-state index contributed by atoms with van der Waals surface area (Å²) in [4.78, 5) is 10.9. The summed E-state index contributed by atoms with van der Waals surface area (Å²) in [5, 5.41) is 19.1. The molecule has 1 aromatic carbocycles.